The van der Waals surface area contributed by atoms with Gasteiger partial charge in [-0.25, -0.2) is 4.79 Å². The number of carboxylic acid groups (broad SMARTS) is 1. The topological polar surface area (TPSA) is 57.5 Å². The SMILES string of the molecule is O=C(O)[C@@](O)(c1ccccc1)c1ccc(Br)cc1. The molecule has 0 saturated heterocycles. The van der Waals surface area contributed by atoms with E-state index in [0.29, 0.717) is 11.1 Å². The number of benzene rings is 2. The molecule has 0 spiro atoms. The second kappa shape index (κ2) is 4.92. The van der Waals surface area contributed by atoms with Crippen molar-refractivity contribution in [3.8, 4) is 0 Å². The lowest BCUT2D eigenvalue weighted by Gasteiger charge is -2.24. The molecule has 0 aliphatic carbocycles. The Morgan fingerprint density at radius 1 is 0.944 bits per heavy atom. The summed E-state index contributed by atoms with van der Waals surface area (Å²) in [6.07, 6.45) is 0. The largest absolute Gasteiger partial charge is 0.479 e. The van der Waals surface area contributed by atoms with E-state index in [-0.39, 0.29) is 0 Å². The third kappa shape index (κ3) is 2.17. The van der Waals surface area contributed by atoms with Gasteiger partial charge in [0, 0.05) is 4.47 Å². The van der Waals surface area contributed by atoms with Crippen LogP contribution in [0.4, 0.5) is 0 Å². The highest BCUT2D eigenvalue weighted by molar-refractivity contribution is 9.10. The molecule has 2 aromatic carbocycles. The zero-order valence-corrected chi connectivity index (χ0v) is 11.0. The summed E-state index contributed by atoms with van der Waals surface area (Å²) < 4.78 is 0.826. The van der Waals surface area contributed by atoms with Crippen molar-refractivity contribution in [3.63, 3.8) is 0 Å². The van der Waals surface area contributed by atoms with Crippen molar-refractivity contribution < 1.29 is 15.0 Å². The highest BCUT2D eigenvalue weighted by Crippen LogP contribution is 2.30. The second-order valence-corrected chi connectivity index (χ2v) is 4.80. The number of hydrogen-bond donors (Lipinski definition) is 2. The predicted molar refractivity (Wildman–Crippen MR) is 71.2 cm³/mol. The van der Waals surface area contributed by atoms with Gasteiger partial charge in [0.25, 0.3) is 0 Å². The molecule has 0 heterocycles. The van der Waals surface area contributed by atoms with Gasteiger partial charge in [0.2, 0.25) is 5.60 Å². The Balaban J connectivity index is 2.58. The lowest BCUT2D eigenvalue weighted by molar-refractivity contribution is -0.155. The quantitative estimate of drug-likeness (QED) is 0.917. The van der Waals surface area contributed by atoms with Gasteiger partial charge in [-0.3, -0.25) is 0 Å². The molecule has 0 bridgehead atoms. The smallest absolute Gasteiger partial charge is 0.345 e. The Morgan fingerprint density at radius 3 is 1.94 bits per heavy atom. The minimum absolute atomic E-state index is 0.324. The molecule has 2 aromatic rings. The summed E-state index contributed by atoms with van der Waals surface area (Å²) in [6, 6.07) is 14.9. The van der Waals surface area contributed by atoms with Crippen LogP contribution in [0.5, 0.6) is 0 Å². The Bertz CT molecular complexity index is 551. The maximum absolute atomic E-state index is 11.4. The van der Waals surface area contributed by atoms with Crippen LogP contribution in [-0.4, -0.2) is 16.2 Å². The van der Waals surface area contributed by atoms with Crippen LogP contribution >= 0.6 is 15.9 Å². The minimum Gasteiger partial charge on any atom is -0.479 e. The average molecular weight is 307 g/mol. The standard InChI is InChI=1S/C14H11BrO3/c15-12-8-6-11(7-9-12)14(18,13(16)17)10-4-2-1-3-5-10/h1-9,18H,(H,16,17)/t14-/m1/s1. The molecule has 0 unspecified atom stereocenters. The fourth-order valence-electron chi connectivity index (χ4n) is 1.78. The summed E-state index contributed by atoms with van der Waals surface area (Å²) in [6.45, 7) is 0. The first-order valence-electron chi connectivity index (χ1n) is 5.32. The zero-order chi connectivity index (χ0) is 13.2. The summed E-state index contributed by atoms with van der Waals surface area (Å²) in [4.78, 5) is 11.4. The number of rotatable bonds is 3. The van der Waals surface area contributed by atoms with Crippen LogP contribution in [0, 0.1) is 0 Å². The van der Waals surface area contributed by atoms with Gasteiger partial charge in [-0.05, 0) is 23.3 Å². The van der Waals surface area contributed by atoms with Crippen LogP contribution in [-0.2, 0) is 10.4 Å². The highest BCUT2D eigenvalue weighted by Gasteiger charge is 2.39. The third-order valence-corrected chi connectivity index (χ3v) is 3.29. The number of aliphatic hydroxyl groups is 1. The molecule has 18 heavy (non-hydrogen) atoms. The molecular formula is C14H11BrO3. The van der Waals surface area contributed by atoms with Gasteiger partial charge in [0.05, 0.1) is 0 Å². The van der Waals surface area contributed by atoms with Gasteiger partial charge in [-0.15, -0.1) is 0 Å². The molecule has 0 aliphatic rings. The predicted octanol–water partition coefficient (Wildman–Crippen LogP) is 2.77. The highest BCUT2D eigenvalue weighted by atomic mass is 79.9. The van der Waals surface area contributed by atoms with Crippen molar-refractivity contribution in [2.75, 3.05) is 0 Å². The van der Waals surface area contributed by atoms with E-state index in [1.807, 2.05) is 0 Å². The number of hydrogen-bond acceptors (Lipinski definition) is 2. The Kier molecular flexibility index (Phi) is 3.50. The lowest BCUT2D eigenvalue weighted by atomic mass is 9.86. The molecular weight excluding hydrogens is 296 g/mol. The van der Waals surface area contributed by atoms with Crippen LogP contribution in [0.25, 0.3) is 0 Å². The summed E-state index contributed by atoms with van der Waals surface area (Å²) in [5.74, 6) is -1.30. The monoisotopic (exact) mass is 306 g/mol. The Labute approximate surface area is 113 Å². The maximum atomic E-state index is 11.4. The first-order chi connectivity index (χ1) is 8.55. The van der Waals surface area contributed by atoms with Crippen LogP contribution < -0.4 is 0 Å². The van der Waals surface area contributed by atoms with E-state index >= 15 is 0 Å². The van der Waals surface area contributed by atoms with E-state index in [1.54, 1.807) is 54.6 Å². The maximum Gasteiger partial charge on any atom is 0.345 e. The fourth-order valence-corrected chi connectivity index (χ4v) is 2.05. The van der Waals surface area contributed by atoms with Crippen LogP contribution in [0.3, 0.4) is 0 Å². The average Bonchev–Trinajstić information content (AvgIpc) is 2.39. The molecule has 0 fully saturated rings. The molecule has 0 aliphatic heterocycles. The zero-order valence-electron chi connectivity index (χ0n) is 9.38. The Hall–Kier alpha value is -1.65. The van der Waals surface area contributed by atoms with Gasteiger partial charge in [-0.1, -0.05) is 58.4 Å². The molecule has 1 atom stereocenters. The minimum atomic E-state index is -2.03. The molecule has 92 valence electrons. The molecule has 0 saturated carbocycles. The Morgan fingerprint density at radius 2 is 1.44 bits per heavy atom. The van der Waals surface area contributed by atoms with Crippen molar-refractivity contribution in [2.45, 2.75) is 5.60 Å². The third-order valence-electron chi connectivity index (χ3n) is 2.76. The number of aliphatic carboxylic acids is 1. The van der Waals surface area contributed by atoms with E-state index in [1.165, 1.54) is 0 Å². The molecule has 4 heteroatoms. The normalized spacial score (nSPS) is 13.9. The van der Waals surface area contributed by atoms with Crippen molar-refractivity contribution >= 4 is 21.9 Å². The molecule has 0 radical (unpaired) electrons. The second-order valence-electron chi connectivity index (χ2n) is 3.89. The molecule has 3 nitrogen and oxygen atoms in total. The van der Waals surface area contributed by atoms with Crippen LogP contribution in [0.2, 0.25) is 0 Å². The van der Waals surface area contributed by atoms with Gasteiger partial charge >= 0.3 is 5.97 Å². The van der Waals surface area contributed by atoms with E-state index in [0.717, 1.165) is 4.47 Å². The van der Waals surface area contributed by atoms with Gasteiger partial charge < -0.3 is 10.2 Å². The van der Waals surface area contributed by atoms with E-state index in [9.17, 15) is 15.0 Å². The van der Waals surface area contributed by atoms with E-state index in [2.05, 4.69) is 15.9 Å². The van der Waals surface area contributed by atoms with Gasteiger partial charge in [0.15, 0.2) is 0 Å². The van der Waals surface area contributed by atoms with Gasteiger partial charge in [0.1, 0.15) is 0 Å². The van der Waals surface area contributed by atoms with Crippen molar-refractivity contribution in [1.29, 1.82) is 0 Å². The van der Waals surface area contributed by atoms with Crippen LogP contribution in [0.15, 0.2) is 59.1 Å². The number of carboxylic acids is 1. The molecule has 0 aromatic heterocycles. The lowest BCUT2D eigenvalue weighted by Crippen LogP contribution is -2.36. The molecule has 0 amide bonds. The molecule has 2 N–H and O–H groups in total. The number of carbonyl (C=O) groups is 1. The van der Waals surface area contributed by atoms with Crippen molar-refractivity contribution in [2.24, 2.45) is 0 Å². The first kappa shape index (κ1) is 12.8. The van der Waals surface area contributed by atoms with Crippen molar-refractivity contribution in [1.82, 2.24) is 0 Å². The van der Waals surface area contributed by atoms with Gasteiger partial charge in [-0.2, -0.15) is 0 Å². The van der Waals surface area contributed by atoms with Crippen molar-refractivity contribution in [3.05, 3.63) is 70.2 Å². The summed E-state index contributed by atoms with van der Waals surface area (Å²) >= 11 is 3.28. The summed E-state index contributed by atoms with van der Waals surface area (Å²) in [7, 11) is 0. The van der Waals surface area contributed by atoms with Crippen LogP contribution in [0.1, 0.15) is 11.1 Å². The summed E-state index contributed by atoms with van der Waals surface area (Å²) in [5, 5.41) is 19.9. The summed E-state index contributed by atoms with van der Waals surface area (Å²) in [5.41, 5.74) is -1.37. The van der Waals surface area contributed by atoms with E-state index < -0.39 is 11.6 Å². The fraction of sp³-hybridized carbons (Fsp3) is 0.0714. The first-order valence-corrected chi connectivity index (χ1v) is 6.12. The number of halogens is 1. The molecule has 2 rings (SSSR count). The van der Waals surface area contributed by atoms with E-state index in [4.69, 9.17) is 0 Å².